The van der Waals surface area contributed by atoms with Crippen molar-refractivity contribution in [3.05, 3.63) is 33.9 Å². The van der Waals surface area contributed by atoms with Crippen LogP contribution in [0.15, 0.2) is 18.2 Å². The zero-order chi connectivity index (χ0) is 15.8. The molecule has 0 bridgehead atoms. The molecule has 1 aromatic carbocycles. The van der Waals surface area contributed by atoms with Crippen molar-refractivity contribution in [3.63, 3.8) is 0 Å². The second-order valence-corrected chi connectivity index (χ2v) is 7.83. The van der Waals surface area contributed by atoms with E-state index in [0.29, 0.717) is 11.3 Å². The molecule has 0 N–H and O–H groups in total. The Morgan fingerprint density at radius 2 is 2.14 bits per heavy atom. The fraction of sp³-hybridized carbons (Fsp3) is 0.417. The lowest BCUT2D eigenvalue weighted by molar-refractivity contribution is -0.385. The quantitative estimate of drug-likeness (QED) is 0.476. The number of amides is 1. The van der Waals surface area contributed by atoms with Crippen molar-refractivity contribution in [1.29, 1.82) is 0 Å². The molecule has 0 saturated carbocycles. The minimum absolute atomic E-state index is 0.0229. The number of nitro benzene ring substituents is 1. The van der Waals surface area contributed by atoms with Gasteiger partial charge in [-0.05, 0) is 19.1 Å². The molecule has 0 radical (unpaired) electrons. The highest BCUT2D eigenvalue weighted by Crippen LogP contribution is 2.30. The molecule has 1 amide bonds. The molecule has 1 fully saturated rings. The van der Waals surface area contributed by atoms with Gasteiger partial charge in [0.25, 0.3) is 5.69 Å². The van der Waals surface area contributed by atoms with E-state index in [9.17, 15) is 23.3 Å². The van der Waals surface area contributed by atoms with E-state index in [-0.39, 0.29) is 36.2 Å². The van der Waals surface area contributed by atoms with Gasteiger partial charge in [0.05, 0.1) is 10.7 Å². The molecule has 0 aromatic heterocycles. The van der Waals surface area contributed by atoms with Crippen LogP contribution in [-0.2, 0) is 13.8 Å². The van der Waals surface area contributed by atoms with E-state index in [4.69, 9.17) is 10.7 Å². The molecular formula is C12H13ClN2O5S. The van der Waals surface area contributed by atoms with E-state index in [1.165, 1.54) is 17.0 Å². The van der Waals surface area contributed by atoms with Gasteiger partial charge in [-0.1, -0.05) is 0 Å². The van der Waals surface area contributed by atoms with Gasteiger partial charge in [0.1, 0.15) is 0 Å². The minimum atomic E-state index is -3.66. The van der Waals surface area contributed by atoms with Gasteiger partial charge in [-0.3, -0.25) is 14.9 Å². The van der Waals surface area contributed by atoms with E-state index in [0.717, 1.165) is 0 Å². The van der Waals surface area contributed by atoms with Crippen molar-refractivity contribution >= 4 is 37.0 Å². The van der Waals surface area contributed by atoms with Gasteiger partial charge < -0.3 is 4.90 Å². The van der Waals surface area contributed by atoms with Gasteiger partial charge in [-0.25, -0.2) is 8.42 Å². The number of rotatable bonds is 4. The number of carbonyl (C=O) groups excluding carboxylic acids is 1. The van der Waals surface area contributed by atoms with Crippen LogP contribution in [-0.4, -0.2) is 31.5 Å². The van der Waals surface area contributed by atoms with Crippen LogP contribution in [0.25, 0.3) is 0 Å². The summed E-state index contributed by atoms with van der Waals surface area (Å²) in [5.74, 6) is -0.841. The Bertz CT molecular complexity index is 704. The molecule has 114 valence electrons. The van der Waals surface area contributed by atoms with Crippen LogP contribution in [0.4, 0.5) is 11.4 Å². The predicted octanol–water partition coefficient (Wildman–Crippen LogP) is 1.82. The number of aryl methyl sites for hydroxylation is 1. The van der Waals surface area contributed by atoms with Crippen molar-refractivity contribution in [2.75, 3.05) is 17.2 Å². The average molecular weight is 333 g/mol. The largest absolute Gasteiger partial charge is 0.312 e. The van der Waals surface area contributed by atoms with Crippen molar-refractivity contribution in [1.82, 2.24) is 0 Å². The molecular weight excluding hydrogens is 320 g/mol. The molecule has 9 heteroatoms. The minimum Gasteiger partial charge on any atom is -0.312 e. The predicted molar refractivity (Wildman–Crippen MR) is 77.9 cm³/mol. The van der Waals surface area contributed by atoms with Gasteiger partial charge in [0.2, 0.25) is 15.0 Å². The number of anilines is 1. The summed E-state index contributed by atoms with van der Waals surface area (Å²) in [5.41, 5.74) is 0.946. The number of nitrogens with zero attached hydrogens (tertiary/aromatic N) is 2. The summed E-state index contributed by atoms with van der Waals surface area (Å²) in [4.78, 5) is 23.7. The number of benzene rings is 1. The third-order valence-electron chi connectivity index (χ3n) is 3.33. The highest BCUT2D eigenvalue weighted by atomic mass is 35.7. The van der Waals surface area contributed by atoms with Crippen molar-refractivity contribution in [3.8, 4) is 0 Å². The number of hydrogen-bond donors (Lipinski definition) is 0. The third-order valence-corrected chi connectivity index (χ3v) is 4.58. The molecule has 21 heavy (non-hydrogen) atoms. The zero-order valence-electron chi connectivity index (χ0n) is 11.2. The van der Waals surface area contributed by atoms with Gasteiger partial charge in [0.15, 0.2) is 0 Å². The Hall–Kier alpha value is -1.67. The summed E-state index contributed by atoms with van der Waals surface area (Å²) in [5, 5.41) is 10.8. The van der Waals surface area contributed by atoms with E-state index < -0.39 is 14.0 Å². The van der Waals surface area contributed by atoms with E-state index in [2.05, 4.69) is 0 Å². The Morgan fingerprint density at radius 3 is 2.67 bits per heavy atom. The third kappa shape index (κ3) is 3.70. The summed E-state index contributed by atoms with van der Waals surface area (Å²) in [6.45, 7) is 1.82. The maximum atomic E-state index is 12.0. The maximum Gasteiger partial charge on any atom is 0.272 e. The summed E-state index contributed by atoms with van der Waals surface area (Å²) in [7, 11) is 1.54. The van der Waals surface area contributed by atoms with E-state index in [1.807, 2.05) is 0 Å². The lowest BCUT2D eigenvalue weighted by Gasteiger charge is -2.17. The molecule has 2 rings (SSSR count). The summed E-state index contributed by atoms with van der Waals surface area (Å²) < 4.78 is 22.1. The van der Waals surface area contributed by atoms with Crippen LogP contribution in [0.3, 0.4) is 0 Å². The van der Waals surface area contributed by atoms with Crippen molar-refractivity contribution in [2.24, 2.45) is 5.92 Å². The molecule has 1 atom stereocenters. The smallest absolute Gasteiger partial charge is 0.272 e. The fourth-order valence-corrected chi connectivity index (χ4v) is 3.76. The molecule has 1 aliphatic heterocycles. The Morgan fingerprint density at radius 1 is 1.48 bits per heavy atom. The van der Waals surface area contributed by atoms with Crippen molar-refractivity contribution in [2.45, 2.75) is 13.3 Å². The lowest BCUT2D eigenvalue weighted by atomic mass is 10.1. The number of hydrogen-bond acceptors (Lipinski definition) is 5. The lowest BCUT2D eigenvalue weighted by Crippen LogP contribution is -2.25. The maximum absolute atomic E-state index is 12.0. The first-order valence-corrected chi connectivity index (χ1v) is 8.63. The molecule has 1 aromatic rings. The standard InChI is InChI=1S/C12H13ClN2O5S/c1-8-4-10(2-3-11(8)15(17)18)14-6-9(5-12(14)16)7-21(13,19)20/h2-4,9H,5-7H2,1H3. The second kappa shape index (κ2) is 5.61. The van der Waals surface area contributed by atoms with E-state index >= 15 is 0 Å². The number of nitro groups is 1. The molecule has 0 aliphatic carbocycles. The first kappa shape index (κ1) is 15.7. The Kier molecular flexibility index (Phi) is 4.20. The topological polar surface area (TPSA) is 97.6 Å². The van der Waals surface area contributed by atoms with Gasteiger partial charge >= 0.3 is 0 Å². The van der Waals surface area contributed by atoms with Crippen LogP contribution < -0.4 is 4.90 Å². The summed E-state index contributed by atoms with van der Waals surface area (Å²) in [6, 6.07) is 4.37. The molecule has 1 unspecified atom stereocenters. The fourth-order valence-electron chi connectivity index (χ4n) is 2.44. The van der Waals surface area contributed by atoms with Crippen molar-refractivity contribution < 1.29 is 18.1 Å². The van der Waals surface area contributed by atoms with Crippen LogP contribution >= 0.6 is 10.7 Å². The highest BCUT2D eigenvalue weighted by Gasteiger charge is 2.33. The Balaban J connectivity index is 2.21. The first-order valence-electron chi connectivity index (χ1n) is 6.15. The van der Waals surface area contributed by atoms with E-state index in [1.54, 1.807) is 13.0 Å². The highest BCUT2D eigenvalue weighted by molar-refractivity contribution is 8.13. The average Bonchev–Trinajstić information content (AvgIpc) is 2.66. The molecule has 1 saturated heterocycles. The number of halogens is 1. The zero-order valence-corrected chi connectivity index (χ0v) is 12.7. The second-order valence-electron chi connectivity index (χ2n) is 5.01. The van der Waals surface area contributed by atoms with Crippen LogP contribution in [0.5, 0.6) is 0 Å². The summed E-state index contributed by atoms with van der Waals surface area (Å²) >= 11 is 0. The van der Waals surface area contributed by atoms with Crippen LogP contribution in [0.1, 0.15) is 12.0 Å². The van der Waals surface area contributed by atoms with Crippen LogP contribution in [0.2, 0.25) is 0 Å². The molecule has 1 aliphatic rings. The monoisotopic (exact) mass is 332 g/mol. The first-order chi connectivity index (χ1) is 9.67. The normalized spacial score (nSPS) is 19.0. The van der Waals surface area contributed by atoms with Crippen LogP contribution in [0, 0.1) is 23.0 Å². The molecule has 1 heterocycles. The van der Waals surface area contributed by atoms with Gasteiger partial charge in [-0.15, -0.1) is 0 Å². The van der Waals surface area contributed by atoms with Gasteiger partial charge in [0, 0.05) is 46.9 Å². The molecule has 7 nitrogen and oxygen atoms in total. The number of carbonyl (C=O) groups is 1. The molecule has 0 spiro atoms. The van der Waals surface area contributed by atoms with Gasteiger partial charge in [-0.2, -0.15) is 0 Å². The summed E-state index contributed by atoms with van der Waals surface area (Å²) in [6.07, 6.45) is 0.0992. The Labute approximate surface area is 126 Å². The SMILES string of the molecule is Cc1cc(N2CC(CS(=O)(=O)Cl)CC2=O)ccc1[N+](=O)[O-].